The van der Waals surface area contributed by atoms with E-state index in [1.54, 1.807) is 0 Å². The molecule has 1 aromatic rings. The van der Waals surface area contributed by atoms with E-state index in [9.17, 15) is 5.11 Å². The van der Waals surface area contributed by atoms with Gasteiger partial charge in [-0.05, 0) is 56.3 Å². The zero-order valence-corrected chi connectivity index (χ0v) is 13.0. The lowest BCUT2D eigenvalue weighted by Crippen LogP contribution is -2.30. The summed E-state index contributed by atoms with van der Waals surface area (Å²) >= 11 is 0. The zero-order chi connectivity index (χ0) is 14.5. The second-order valence-electron chi connectivity index (χ2n) is 6.30. The van der Waals surface area contributed by atoms with E-state index in [2.05, 4.69) is 55.5 Å². The molecule has 0 saturated heterocycles. The Balaban J connectivity index is 1.83. The molecule has 3 atom stereocenters. The average molecular weight is 276 g/mol. The van der Waals surface area contributed by atoms with Gasteiger partial charge in [-0.2, -0.15) is 0 Å². The Kier molecular flexibility index (Phi) is 5.44. The summed E-state index contributed by atoms with van der Waals surface area (Å²) in [6.45, 7) is 3.22. The van der Waals surface area contributed by atoms with Gasteiger partial charge in [0, 0.05) is 25.8 Å². The van der Waals surface area contributed by atoms with Crippen LogP contribution < -0.4 is 10.2 Å². The molecule has 0 amide bonds. The molecule has 1 aromatic carbocycles. The number of hydrogen-bond donors (Lipinski definition) is 2. The minimum atomic E-state index is -0.0785. The van der Waals surface area contributed by atoms with Crippen molar-refractivity contribution in [3.63, 3.8) is 0 Å². The molecule has 0 aromatic heterocycles. The van der Waals surface area contributed by atoms with Crippen molar-refractivity contribution in [2.75, 3.05) is 25.5 Å². The van der Waals surface area contributed by atoms with Crippen LogP contribution in [0.25, 0.3) is 0 Å². The van der Waals surface area contributed by atoms with Gasteiger partial charge >= 0.3 is 0 Å². The summed E-state index contributed by atoms with van der Waals surface area (Å²) in [4.78, 5) is 2.12. The first-order valence-electron chi connectivity index (χ1n) is 7.75. The molecule has 112 valence electrons. The molecule has 3 unspecified atom stereocenters. The van der Waals surface area contributed by atoms with Crippen LogP contribution in [0.5, 0.6) is 0 Å². The predicted molar refractivity (Wildman–Crippen MR) is 85.2 cm³/mol. The van der Waals surface area contributed by atoms with E-state index in [0.717, 1.165) is 19.4 Å². The Morgan fingerprint density at radius 1 is 1.25 bits per heavy atom. The molecule has 1 aliphatic carbocycles. The van der Waals surface area contributed by atoms with Crippen LogP contribution in [-0.2, 0) is 0 Å². The smallest absolute Gasteiger partial charge is 0.0543 e. The topological polar surface area (TPSA) is 35.5 Å². The Morgan fingerprint density at radius 2 is 1.95 bits per heavy atom. The standard InChI is InChI=1S/C17H28N2O/c1-13(15-7-9-16(10-8-15)19(2)3)18-12-14-5-4-6-17(20)11-14/h7-10,13-14,17-18,20H,4-6,11-12H2,1-3H3. The number of nitrogens with zero attached hydrogens (tertiary/aromatic N) is 1. The normalized spacial score (nSPS) is 24.4. The summed E-state index contributed by atoms with van der Waals surface area (Å²) in [5, 5.41) is 13.3. The first kappa shape index (κ1) is 15.3. The molecule has 3 heteroatoms. The summed E-state index contributed by atoms with van der Waals surface area (Å²) < 4.78 is 0. The molecule has 0 heterocycles. The van der Waals surface area contributed by atoms with Crippen LogP contribution in [0.15, 0.2) is 24.3 Å². The summed E-state index contributed by atoms with van der Waals surface area (Å²) in [5.74, 6) is 0.627. The number of benzene rings is 1. The van der Waals surface area contributed by atoms with Gasteiger partial charge < -0.3 is 15.3 Å². The van der Waals surface area contributed by atoms with Crippen molar-refractivity contribution in [2.45, 2.75) is 44.8 Å². The van der Waals surface area contributed by atoms with Gasteiger partial charge in [-0.3, -0.25) is 0 Å². The Morgan fingerprint density at radius 3 is 2.55 bits per heavy atom. The lowest BCUT2D eigenvalue weighted by molar-refractivity contribution is 0.0998. The fraction of sp³-hybridized carbons (Fsp3) is 0.647. The van der Waals surface area contributed by atoms with Crippen molar-refractivity contribution in [2.24, 2.45) is 5.92 Å². The minimum absolute atomic E-state index is 0.0785. The minimum Gasteiger partial charge on any atom is -0.393 e. The third-order valence-corrected chi connectivity index (χ3v) is 4.38. The summed E-state index contributed by atoms with van der Waals surface area (Å²) in [6.07, 6.45) is 4.28. The lowest BCUT2D eigenvalue weighted by Gasteiger charge is -2.27. The van der Waals surface area contributed by atoms with Crippen LogP contribution in [0.3, 0.4) is 0 Å². The van der Waals surface area contributed by atoms with Gasteiger partial charge in [0.05, 0.1) is 6.10 Å². The van der Waals surface area contributed by atoms with Gasteiger partial charge in [-0.25, -0.2) is 0 Å². The van der Waals surface area contributed by atoms with Crippen molar-refractivity contribution in [3.05, 3.63) is 29.8 Å². The van der Waals surface area contributed by atoms with Gasteiger partial charge in [-0.1, -0.05) is 18.6 Å². The molecule has 0 spiro atoms. The molecule has 1 saturated carbocycles. The number of nitrogens with one attached hydrogen (secondary N) is 1. The van der Waals surface area contributed by atoms with E-state index in [1.165, 1.54) is 24.1 Å². The number of aliphatic hydroxyl groups excluding tert-OH is 1. The fourth-order valence-corrected chi connectivity index (χ4v) is 2.97. The molecule has 2 rings (SSSR count). The largest absolute Gasteiger partial charge is 0.393 e. The molecule has 0 bridgehead atoms. The monoisotopic (exact) mass is 276 g/mol. The number of rotatable bonds is 5. The maximum Gasteiger partial charge on any atom is 0.0543 e. The summed E-state index contributed by atoms with van der Waals surface area (Å²) in [5.41, 5.74) is 2.56. The van der Waals surface area contributed by atoms with Crippen molar-refractivity contribution in [3.8, 4) is 0 Å². The second kappa shape index (κ2) is 7.09. The Bertz CT molecular complexity index is 402. The number of anilines is 1. The first-order chi connectivity index (χ1) is 9.56. The van der Waals surface area contributed by atoms with Crippen LogP contribution in [0, 0.1) is 5.92 Å². The van der Waals surface area contributed by atoms with Crippen LogP contribution in [0.1, 0.15) is 44.2 Å². The third-order valence-electron chi connectivity index (χ3n) is 4.38. The molecular weight excluding hydrogens is 248 g/mol. The maximum absolute atomic E-state index is 9.71. The molecule has 0 radical (unpaired) electrons. The van der Waals surface area contributed by atoms with Crippen LogP contribution in [-0.4, -0.2) is 31.9 Å². The highest BCUT2D eigenvalue weighted by Crippen LogP contribution is 2.24. The Hall–Kier alpha value is -1.06. The Labute approximate surface area is 123 Å². The van der Waals surface area contributed by atoms with Crippen LogP contribution in [0.2, 0.25) is 0 Å². The van der Waals surface area contributed by atoms with Gasteiger partial charge in [-0.15, -0.1) is 0 Å². The summed E-state index contributed by atoms with van der Waals surface area (Å²) in [6, 6.07) is 9.09. The fourth-order valence-electron chi connectivity index (χ4n) is 2.97. The molecule has 0 aliphatic heterocycles. The highest BCUT2D eigenvalue weighted by atomic mass is 16.3. The van der Waals surface area contributed by atoms with E-state index in [0.29, 0.717) is 12.0 Å². The highest BCUT2D eigenvalue weighted by Gasteiger charge is 2.20. The van der Waals surface area contributed by atoms with Crippen molar-refractivity contribution < 1.29 is 5.11 Å². The van der Waals surface area contributed by atoms with E-state index in [1.807, 2.05) is 0 Å². The maximum atomic E-state index is 9.71. The molecule has 20 heavy (non-hydrogen) atoms. The van der Waals surface area contributed by atoms with Crippen molar-refractivity contribution >= 4 is 5.69 Å². The highest BCUT2D eigenvalue weighted by molar-refractivity contribution is 5.46. The van der Waals surface area contributed by atoms with Gasteiger partial charge in [0.1, 0.15) is 0 Å². The average Bonchev–Trinajstić information content (AvgIpc) is 2.45. The number of aliphatic hydroxyl groups is 1. The lowest BCUT2D eigenvalue weighted by atomic mass is 9.87. The SMILES string of the molecule is CC(NCC1CCCC(O)C1)c1ccc(N(C)C)cc1. The van der Waals surface area contributed by atoms with Gasteiger partial charge in [0.2, 0.25) is 0 Å². The van der Waals surface area contributed by atoms with Crippen molar-refractivity contribution in [1.29, 1.82) is 0 Å². The second-order valence-corrected chi connectivity index (χ2v) is 6.30. The molecule has 1 fully saturated rings. The summed E-state index contributed by atoms with van der Waals surface area (Å²) in [7, 11) is 4.12. The molecule has 1 aliphatic rings. The van der Waals surface area contributed by atoms with Crippen LogP contribution >= 0.6 is 0 Å². The quantitative estimate of drug-likeness (QED) is 0.868. The predicted octanol–water partition coefficient (Wildman–Crippen LogP) is 2.95. The molecule has 3 nitrogen and oxygen atoms in total. The van der Waals surface area contributed by atoms with Crippen LogP contribution in [0.4, 0.5) is 5.69 Å². The van der Waals surface area contributed by atoms with Gasteiger partial charge in [0.25, 0.3) is 0 Å². The van der Waals surface area contributed by atoms with E-state index in [-0.39, 0.29) is 6.10 Å². The van der Waals surface area contributed by atoms with E-state index in [4.69, 9.17) is 0 Å². The molecular formula is C17H28N2O. The number of hydrogen-bond acceptors (Lipinski definition) is 3. The first-order valence-corrected chi connectivity index (χ1v) is 7.75. The van der Waals surface area contributed by atoms with Gasteiger partial charge in [0.15, 0.2) is 0 Å². The third kappa shape index (κ3) is 4.22. The van der Waals surface area contributed by atoms with E-state index < -0.39 is 0 Å². The molecule has 2 N–H and O–H groups in total. The van der Waals surface area contributed by atoms with E-state index >= 15 is 0 Å². The zero-order valence-electron chi connectivity index (χ0n) is 13.0. The van der Waals surface area contributed by atoms with Crippen molar-refractivity contribution in [1.82, 2.24) is 5.32 Å².